The lowest BCUT2D eigenvalue weighted by Crippen LogP contribution is -2.31. The number of hydrogen-bond acceptors (Lipinski definition) is 4. The van der Waals surface area contributed by atoms with Gasteiger partial charge in [-0.3, -0.25) is 14.6 Å². The Balaban J connectivity index is 1.64. The van der Waals surface area contributed by atoms with Crippen LogP contribution in [-0.4, -0.2) is 60.6 Å². The van der Waals surface area contributed by atoms with Gasteiger partial charge in [0.05, 0.1) is 5.36 Å². The van der Waals surface area contributed by atoms with E-state index in [0.29, 0.717) is 18.5 Å². The minimum atomic E-state index is -1.37. The first-order valence-electron chi connectivity index (χ1n) is 15.8. The van der Waals surface area contributed by atoms with Crippen LogP contribution in [-0.2, 0) is 17.6 Å². The van der Waals surface area contributed by atoms with Gasteiger partial charge in [-0.1, -0.05) is 25.1 Å². The predicted molar refractivity (Wildman–Crippen MR) is 175 cm³/mol. The van der Waals surface area contributed by atoms with Gasteiger partial charge >= 0.3 is 5.97 Å². The van der Waals surface area contributed by atoms with E-state index < -0.39 is 16.0 Å². The molecule has 0 spiro atoms. The third-order valence-electron chi connectivity index (χ3n) is 9.46. The highest BCUT2D eigenvalue weighted by Crippen LogP contribution is 2.63. The van der Waals surface area contributed by atoms with E-state index in [0.717, 1.165) is 73.9 Å². The molecule has 6 nitrogen and oxygen atoms in total. The third kappa shape index (κ3) is 5.48. The molecule has 43 heavy (non-hydrogen) atoms. The molecule has 1 unspecified atom stereocenters. The highest BCUT2D eigenvalue weighted by atomic mass is 32.3. The van der Waals surface area contributed by atoms with E-state index in [-0.39, 0.29) is 12.3 Å². The molecule has 0 saturated heterocycles. The van der Waals surface area contributed by atoms with Crippen LogP contribution < -0.4 is 15.9 Å². The highest BCUT2D eigenvalue weighted by Gasteiger charge is 2.35. The summed E-state index contributed by atoms with van der Waals surface area (Å²) in [5, 5.41) is 15.2. The molecule has 7 heteroatoms. The summed E-state index contributed by atoms with van der Waals surface area (Å²) in [6, 6.07) is 17.7. The Morgan fingerprint density at radius 2 is 1.77 bits per heavy atom. The van der Waals surface area contributed by atoms with Crippen LogP contribution in [0.25, 0.3) is 5.57 Å². The summed E-state index contributed by atoms with van der Waals surface area (Å²) < 4.78 is 0. The van der Waals surface area contributed by atoms with Gasteiger partial charge in [-0.15, -0.1) is 0 Å². The first-order chi connectivity index (χ1) is 20.8. The Labute approximate surface area is 256 Å². The second-order valence-electron chi connectivity index (χ2n) is 12.2. The van der Waals surface area contributed by atoms with Crippen molar-refractivity contribution in [3.05, 3.63) is 86.9 Å². The van der Waals surface area contributed by atoms with E-state index in [4.69, 9.17) is 10.1 Å². The Kier molecular flexibility index (Phi) is 8.36. The second-order valence-corrected chi connectivity index (χ2v) is 15.9. The Hall–Kier alpha value is -3.58. The fraction of sp³-hybridized carbons (Fsp3) is 0.417. The van der Waals surface area contributed by atoms with Crippen molar-refractivity contribution in [2.45, 2.75) is 68.1 Å². The first kappa shape index (κ1) is 29.5. The van der Waals surface area contributed by atoms with Crippen LogP contribution in [0.15, 0.2) is 63.3 Å². The van der Waals surface area contributed by atoms with Crippen LogP contribution in [0.3, 0.4) is 0 Å². The lowest BCUT2D eigenvalue weighted by atomic mass is 9.88. The van der Waals surface area contributed by atoms with Gasteiger partial charge in [-0.05, 0) is 120 Å². The third-order valence-corrected chi connectivity index (χ3v) is 13.2. The molecule has 0 saturated carbocycles. The maximum absolute atomic E-state index is 14.0. The molecule has 0 radical (unpaired) electrons. The molecule has 1 atom stereocenters. The van der Waals surface area contributed by atoms with E-state index in [1.165, 1.54) is 37.4 Å². The van der Waals surface area contributed by atoms with E-state index >= 15 is 0 Å². The molecule has 3 heterocycles. The molecule has 1 amide bonds. The van der Waals surface area contributed by atoms with E-state index in [1.807, 2.05) is 18.2 Å². The Bertz CT molecular complexity index is 1720. The topological polar surface area (TPSA) is 82.0 Å². The minimum absolute atomic E-state index is 0.0467. The molecule has 3 aromatic rings. The van der Waals surface area contributed by atoms with Gasteiger partial charge in [0.2, 0.25) is 0 Å². The van der Waals surface area contributed by atoms with Crippen LogP contribution in [0.4, 0.5) is 5.69 Å². The van der Waals surface area contributed by atoms with Crippen molar-refractivity contribution < 1.29 is 14.7 Å². The minimum Gasteiger partial charge on any atom is -0.481 e. The van der Waals surface area contributed by atoms with Gasteiger partial charge < -0.3 is 15.3 Å². The average molecular weight is 598 g/mol. The van der Waals surface area contributed by atoms with E-state index in [2.05, 4.69) is 48.8 Å². The average Bonchev–Trinajstić information content (AvgIpc) is 3.39. The lowest BCUT2D eigenvalue weighted by Gasteiger charge is -2.42. The molecule has 0 aromatic heterocycles. The van der Waals surface area contributed by atoms with Gasteiger partial charge in [0, 0.05) is 54.1 Å². The fourth-order valence-electron chi connectivity index (χ4n) is 6.91. The molecule has 3 aromatic carbocycles. The summed E-state index contributed by atoms with van der Waals surface area (Å²) in [6.45, 7) is 4.59. The van der Waals surface area contributed by atoms with Gasteiger partial charge in [0.25, 0.3) is 5.91 Å². The van der Waals surface area contributed by atoms with Crippen molar-refractivity contribution in [1.29, 1.82) is 0 Å². The molecule has 3 aliphatic heterocycles. The summed E-state index contributed by atoms with van der Waals surface area (Å²) in [4.78, 5) is 34.6. The SMILES string of the molecule is CCS1(C)c2cc3c(cc2C(c2ccccc2C(=O)N(C)CCCC(=O)O)=c2cc4c(cc21)=NCCCC4)CCCCN3. The largest absolute Gasteiger partial charge is 0.481 e. The molecular weight excluding hydrogens is 554 g/mol. The van der Waals surface area contributed by atoms with Crippen LogP contribution in [0, 0.1) is 0 Å². The lowest BCUT2D eigenvalue weighted by molar-refractivity contribution is -0.137. The number of aryl methyl sites for hydroxylation is 2. The molecule has 3 aliphatic rings. The van der Waals surface area contributed by atoms with Crippen LogP contribution >= 0.6 is 10.0 Å². The summed E-state index contributed by atoms with van der Waals surface area (Å²) in [7, 11) is 0.408. The summed E-state index contributed by atoms with van der Waals surface area (Å²) in [5.41, 5.74) is 7.93. The van der Waals surface area contributed by atoms with Crippen molar-refractivity contribution in [2.24, 2.45) is 4.99 Å². The maximum atomic E-state index is 14.0. The van der Waals surface area contributed by atoms with Crippen molar-refractivity contribution in [1.82, 2.24) is 4.90 Å². The number of carboxylic acid groups (broad SMARTS) is 1. The van der Waals surface area contributed by atoms with E-state index in [1.54, 1.807) is 11.9 Å². The standard InChI is InChI=1S/C36H43N3O3S/c1-4-43(3)32-22-30-24(12-7-9-17-37-30)20-28(32)35(29-21-25-13-8-10-18-38-31(25)23-33(29)43)26-14-5-6-15-27(26)36(42)39(2)19-11-16-34(40)41/h5-6,14-15,20-23,37H,4,7-13,16-19H2,1-3H3,(H,40,41). The molecule has 0 aliphatic carbocycles. The number of carbonyl (C=O) groups is 2. The second kappa shape index (κ2) is 12.2. The van der Waals surface area contributed by atoms with Gasteiger partial charge in [-0.25, -0.2) is 0 Å². The molecule has 6 rings (SSSR count). The zero-order valence-electron chi connectivity index (χ0n) is 25.7. The number of aliphatic carboxylic acids is 1. The van der Waals surface area contributed by atoms with Crippen molar-refractivity contribution >= 4 is 33.2 Å². The number of carboxylic acids is 1. The zero-order chi connectivity index (χ0) is 30.1. The maximum Gasteiger partial charge on any atom is 0.303 e. The summed E-state index contributed by atoms with van der Waals surface area (Å²) >= 11 is 0. The number of anilines is 1. The Morgan fingerprint density at radius 1 is 0.977 bits per heavy atom. The van der Waals surface area contributed by atoms with Crippen molar-refractivity contribution in [2.75, 3.05) is 44.0 Å². The molecular formula is C36H43N3O3S. The number of nitrogens with one attached hydrogen (secondary N) is 1. The number of amides is 1. The number of benzene rings is 3. The summed E-state index contributed by atoms with van der Waals surface area (Å²) in [5.74, 6) is 0.118. The number of fused-ring (bicyclic) bond motifs is 4. The predicted octanol–water partition coefficient (Wildman–Crippen LogP) is 5.76. The van der Waals surface area contributed by atoms with Gasteiger partial charge in [-0.2, -0.15) is 10.0 Å². The molecule has 2 N–H and O–H groups in total. The number of hydrogen-bond donors (Lipinski definition) is 2. The van der Waals surface area contributed by atoms with Gasteiger partial charge in [0.1, 0.15) is 0 Å². The quantitative estimate of drug-likeness (QED) is 0.363. The molecule has 226 valence electrons. The number of carbonyl (C=O) groups excluding carboxylic acids is 1. The van der Waals surface area contributed by atoms with Crippen molar-refractivity contribution in [3.63, 3.8) is 0 Å². The normalized spacial score (nSPS) is 20.4. The smallest absolute Gasteiger partial charge is 0.303 e. The zero-order valence-corrected chi connectivity index (χ0v) is 26.5. The summed E-state index contributed by atoms with van der Waals surface area (Å²) in [6.07, 6.45) is 9.56. The first-order valence-corrected chi connectivity index (χ1v) is 18.0. The van der Waals surface area contributed by atoms with E-state index in [9.17, 15) is 9.59 Å². The highest BCUT2D eigenvalue weighted by molar-refractivity contribution is 8.33. The van der Waals surface area contributed by atoms with Gasteiger partial charge in [0.15, 0.2) is 0 Å². The Morgan fingerprint density at radius 3 is 2.58 bits per heavy atom. The number of rotatable bonds is 7. The van der Waals surface area contributed by atoms with Crippen molar-refractivity contribution in [3.8, 4) is 0 Å². The van der Waals surface area contributed by atoms with Crippen LogP contribution in [0.1, 0.15) is 78.1 Å². The fourth-order valence-corrected chi connectivity index (χ4v) is 9.81. The number of nitrogens with zero attached hydrogens (tertiary/aromatic N) is 2. The van der Waals surface area contributed by atoms with Crippen LogP contribution in [0.2, 0.25) is 0 Å². The molecule has 0 fully saturated rings. The van der Waals surface area contributed by atoms with Crippen LogP contribution in [0.5, 0.6) is 0 Å². The monoisotopic (exact) mass is 597 g/mol. The molecule has 0 bridgehead atoms.